The van der Waals surface area contributed by atoms with Crippen LogP contribution in [0, 0.1) is 0 Å². The highest BCUT2D eigenvalue weighted by molar-refractivity contribution is 5.61. The Balaban J connectivity index is 1.94. The van der Waals surface area contributed by atoms with Crippen LogP contribution in [0.2, 0.25) is 0 Å². The molecule has 0 fully saturated rings. The van der Waals surface area contributed by atoms with Gasteiger partial charge in [0.1, 0.15) is 12.2 Å². The summed E-state index contributed by atoms with van der Waals surface area (Å²) < 4.78 is 1.61. The smallest absolute Gasteiger partial charge is 0.143 e. The standard InChI is InChI=1S/C12H13N7/c13-5-4-12-14-7-11(16-12)9-2-1-3-10(6-9)19-8-15-17-18-19/h1-3,6-8H,4-5,13H2,(H,14,16). The minimum absolute atomic E-state index is 0.581. The Hall–Kier alpha value is -2.54. The summed E-state index contributed by atoms with van der Waals surface area (Å²) in [4.78, 5) is 7.54. The van der Waals surface area contributed by atoms with E-state index in [-0.39, 0.29) is 0 Å². The van der Waals surface area contributed by atoms with Crippen molar-refractivity contribution in [2.45, 2.75) is 6.42 Å². The van der Waals surface area contributed by atoms with Crippen LogP contribution >= 0.6 is 0 Å². The van der Waals surface area contributed by atoms with Crippen molar-refractivity contribution in [1.29, 1.82) is 0 Å². The Morgan fingerprint density at radius 3 is 3.05 bits per heavy atom. The highest BCUT2D eigenvalue weighted by Crippen LogP contribution is 2.19. The van der Waals surface area contributed by atoms with Gasteiger partial charge in [0.2, 0.25) is 0 Å². The lowest BCUT2D eigenvalue weighted by atomic mass is 10.1. The van der Waals surface area contributed by atoms with Crippen molar-refractivity contribution in [2.24, 2.45) is 5.73 Å². The fraction of sp³-hybridized carbons (Fsp3) is 0.167. The molecule has 1 aromatic carbocycles. The Morgan fingerprint density at radius 2 is 2.26 bits per heavy atom. The lowest BCUT2D eigenvalue weighted by molar-refractivity contribution is 0.789. The van der Waals surface area contributed by atoms with Gasteiger partial charge in [-0.3, -0.25) is 0 Å². The van der Waals surface area contributed by atoms with Crippen molar-refractivity contribution in [3.05, 3.63) is 42.6 Å². The second kappa shape index (κ2) is 4.99. The van der Waals surface area contributed by atoms with Crippen molar-refractivity contribution in [1.82, 2.24) is 30.2 Å². The summed E-state index contributed by atoms with van der Waals surface area (Å²) in [6.07, 6.45) is 4.11. The summed E-state index contributed by atoms with van der Waals surface area (Å²) in [5.74, 6) is 0.894. The van der Waals surface area contributed by atoms with Crippen LogP contribution in [-0.4, -0.2) is 36.7 Å². The SMILES string of the molecule is NCCc1ncc(-c2cccc(-n3cnnn3)c2)[nH]1. The van der Waals surface area contributed by atoms with Crippen LogP contribution in [0.3, 0.4) is 0 Å². The first kappa shape index (κ1) is 11.5. The molecule has 7 nitrogen and oxygen atoms in total. The molecule has 0 saturated carbocycles. The predicted octanol–water partition coefficient (Wildman–Crippen LogP) is 0.554. The van der Waals surface area contributed by atoms with Crippen LogP contribution in [0.25, 0.3) is 16.9 Å². The molecule has 19 heavy (non-hydrogen) atoms. The number of aromatic nitrogens is 6. The maximum Gasteiger partial charge on any atom is 0.143 e. The molecule has 0 aliphatic heterocycles. The van der Waals surface area contributed by atoms with E-state index >= 15 is 0 Å². The fourth-order valence-electron chi connectivity index (χ4n) is 1.87. The summed E-state index contributed by atoms with van der Waals surface area (Å²) in [6, 6.07) is 7.90. The topological polar surface area (TPSA) is 98.3 Å². The molecule has 0 aliphatic rings. The molecular weight excluding hydrogens is 242 g/mol. The monoisotopic (exact) mass is 255 g/mol. The third-order valence-corrected chi connectivity index (χ3v) is 2.78. The second-order valence-corrected chi connectivity index (χ2v) is 4.09. The first-order valence-electron chi connectivity index (χ1n) is 5.94. The van der Waals surface area contributed by atoms with E-state index in [4.69, 9.17) is 5.73 Å². The predicted molar refractivity (Wildman–Crippen MR) is 69.5 cm³/mol. The minimum atomic E-state index is 0.581. The zero-order valence-corrected chi connectivity index (χ0v) is 10.2. The maximum atomic E-state index is 5.51. The molecule has 0 radical (unpaired) electrons. The average molecular weight is 255 g/mol. The molecule has 0 unspecified atom stereocenters. The van der Waals surface area contributed by atoms with Crippen molar-refractivity contribution < 1.29 is 0 Å². The van der Waals surface area contributed by atoms with Gasteiger partial charge in [-0.25, -0.2) is 9.67 Å². The van der Waals surface area contributed by atoms with E-state index in [0.29, 0.717) is 6.54 Å². The third-order valence-electron chi connectivity index (χ3n) is 2.78. The largest absolute Gasteiger partial charge is 0.342 e. The first-order chi connectivity index (χ1) is 9.36. The molecule has 0 bridgehead atoms. The van der Waals surface area contributed by atoms with E-state index in [1.54, 1.807) is 11.0 Å². The Labute approximate surface area is 109 Å². The van der Waals surface area contributed by atoms with E-state index in [9.17, 15) is 0 Å². The highest BCUT2D eigenvalue weighted by Gasteiger charge is 2.05. The number of rotatable bonds is 4. The van der Waals surface area contributed by atoms with Gasteiger partial charge in [0, 0.05) is 12.0 Å². The molecule has 0 saturated heterocycles. The van der Waals surface area contributed by atoms with Gasteiger partial charge in [-0.15, -0.1) is 5.10 Å². The summed E-state index contributed by atoms with van der Waals surface area (Å²) in [5.41, 5.74) is 8.40. The van der Waals surface area contributed by atoms with Crippen molar-refractivity contribution in [3.8, 4) is 16.9 Å². The normalized spacial score (nSPS) is 10.8. The van der Waals surface area contributed by atoms with Gasteiger partial charge >= 0.3 is 0 Å². The fourth-order valence-corrected chi connectivity index (χ4v) is 1.87. The molecule has 2 heterocycles. The van der Waals surface area contributed by atoms with E-state index in [0.717, 1.165) is 29.2 Å². The second-order valence-electron chi connectivity index (χ2n) is 4.09. The quantitative estimate of drug-likeness (QED) is 0.709. The van der Waals surface area contributed by atoms with Crippen LogP contribution in [0.15, 0.2) is 36.8 Å². The number of benzene rings is 1. The van der Waals surface area contributed by atoms with Crippen molar-refractivity contribution in [2.75, 3.05) is 6.54 Å². The summed E-state index contributed by atoms with van der Waals surface area (Å²) in [7, 11) is 0. The van der Waals surface area contributed by atoms with E-state index in [1.807, 2.05) is 30.5 Å². The van der Waals surface area contributed by atoms with Crippen LogP contribution in [-0.2, 0) is 6.42 Å². The van der Waals surface area contributed by atoms with Gasteiger partial charge in [-0.2, -0.15) is 0 Å². The van der Waals surface area contributed by atoms with E-state index in [1.165, 1.54) is 0 Å². The van der Waals surface area contributed by atoms with Gasteiger partial charge in [-0.1, -0.05) is 12.1 Å². The molecule has 3 aromatic rings. The molecule has 3 rings (SSSR count). The molecule has 0 amide bonds. The molecule has 0 spiro atoms. The number of H-pyrrole nitrogens is 1. The minimum Gasteiger partial charge on any atom is -0.342 e. The van der Waals surface area contributed by atoms with Gasteiger partial charge in [0.15, 0.2) is 0 Å². The van der Waals surface area contributed by atoms with Gasteiger partial charge in [0.05, 0.1) is 17.6 Å². The molecule has 3 N–H and O–H groups in total. The Kier molecular flexibility index (Phi) is 3.03. The van der Waals surface area contributed by atoms with Crippen molar-refractivity contribution >= 4 is 0 Å². The third kappa shape index (κ3) is 2.36. The average Bonchev–Trinajstić information content (AvgIpc) is 3.11. The molecule has 0 aliphatic carbocycles. The number of aromatic amines is 1. The Morgan fingerprint density at radius 1 is 1.32 bits per heavy atom. The van der Waals surface area contributed by atoms with Crippen LogP contribution < -0.4 is 5.73 Å². The van der Waals surface area contributed by atoms with Crippen LogP contribution in [0.4, 0.5) is 0 Å². The number of hydrogen-bond acceptors (Lipinski definition) is 5. The molecule has 0 atom stereocenters. The lowest BCUT2D eigenvalue weighted by Gasteiger charge is -2.02. The molecule has 7 heteroatoms. The van der Waals surface area contributed by atoms with E-state index in [2.05, 4.69) is 25.5 Å². The van der Waals surface area contributed by atoms with Gasteiger partial charge < -0.3 is 10.7 Å². The lowest BCUT2D eigenvalue weighted by Crippen LogP contribution is -2.03. The number of hydrogen-bond donors (Lipinski definition) is 2. The maximum absolute atomic E-state index is 5.51. The number of nitrogens with zero attached hydrogens (tertiary/aromatic N) is 5. The first-order valence-corrected chi connectivity index (χ1v) is 5.94. The van der Waals surface area contributed by atoms with Gasteiger partial charge in [0.25, 0.3) is 0 Å². The molecular formula is C12H13N7. The van der Waals surface area contributed by atoms with Crippen LogP contribution in [0.5, 0.6) is 0 Å². The van der Waals surface area contributed by atoms with Crippen LogP contribution in [0.1, 0.15) is 5.82 Å². The molecule has 2 aromatic heterocycles. The zero-order chi connectivity index (χ0) is 13.1. The Bertz CT molecular complexity index is 656. The van der Waals surface area contributed by atoms with Crippen molar-refractivity contribution in [3.63, 3.8) is 0 Å². The van der Waals surface area contributed by atoms with Gasteiger partial charge in [-0.05, 0) is 29.1 Å². The number of nitrogens with two attached hydrogens (primary N) is 1. The number of tetrazole rings is 1. The number of imidazole rings is 1. The van der Waals surface area contributed by atoms with E-state index < -0.39 is 0 Å². The number of nitrogens with one attached hydrogen (secondary N) is 1. The summed E-state index contributed by atoms with van der Waals surface area (Å²) in [6.45, 7) is 0.581. The molecule has 96 valence electrons. The highest BCUT2D eigenvalue weighted by atomic mass is 15.5. The zero-order valence-electron chi connectivity index (χ0n) is 10.2. The summed E-state index contributed by atoms with van der Waals surface area (Å²) in [5, 5.41) is 11.1. The summed E-state index contributed by atoms with van der Waals surface area (Å²) >= 11 is 0.